The van der Waals surface area contributed by atoms with Gasteiger partial charge in [0.1, 0.15) is 0 Å². The predicted octanol–water partition coefficient (Wildman–Crippen LogP) is 0.909. The zero-order valence-corrected chi connectivity index (χ0v) is 11.1. The maximum atomic E-state index is 11.8. The summed E-state index contributed by atoms with van der Waals surface area (Å²) in [6.07, 6.45) is 0.963. The van der Waals surface area contributed by atoms with Crippen LogP contribution in [0.3, 0.4) is 0 Å². The topological polar surface area (TPSA) is 44.4 Å². The molecule has 0 aromatic heterocycles. The summed E-state index contributed by atoms with van der Waals surface area (Å²) in [6.45, 7) is 4.36. The molecule has 0 spiro atoms. The van der Waals surface area contributed by atoms with Gasteiger partial charge in [0.05, 0.1) is 6.54 Å². The Morgan fingerprint density at radius 2 is 2.22 bits per heavy atom. The monoisotopic (exact) mass is 247 g/mol. The van der Waals surface area contributed by atoms with Gasteiger partial charge in [-0.25, -0.2) is 0 Å². The minimum atomic E-state index is 0.116. The van der Waals surface area contributed by atoms with E-state index in [4.69, 9.17) is 0 Å². The molecule has 4 nitrogen and oxygen atoms in total. The molecule has 1 amide bonds. The van der Waals surface area contributed by atoms with Crippen LogP contribution in [0.15, 0.2) is 24.3 Å². The highest BCUT2D eigenvalue weighted by molar-refractivity contribution is 5.83. The molecular weight excluding hydrogens is 226 g/mol. The van der Waals surface area contributed by atoms with Gasteiger partial charge in [0.2, 0.25) is 5.91 Å². The quantitative estimate of drug-likeness (QED) is 0.831. The minimum Gasteiger partial charge on any atom is -0.360 e. The van der Waals surface area contributed by atoms with Crippen molar-refractivity contribution in [2.24, 2.45) is 0 Å². The number of para-hydroxylation sites is 1. The van der Waals surface area contributed by atoms with Crippen molar-refractivity contribution in [3.63, 3.8) is 0 Å². The molecule has 4 heteroatoms. The van der Waals surface area contributed by atoms with E-state index in [1.165, 1.54) is 11.3 Å². The van der Waals surface area contributed by atoms with Crippen molar-refractivity contribution >= 4 is 11.6 Å². The van der Waals surface area contributed by atoms with Crippen LogP contribution in [0.4, 0.5) is 5.69 Å². The zero-order chi connectivity index (χ0) is 13.0. The molecule has 0 bridgehead atoms. The van der Waals surface area contributed by atoms with E-state index in [2.05, 4.69) is 34.6 Å². The molecule has 1 aliphatic rings. The maximum Gasteiger partial charge on any atom is 0.239 e. The van der Waals surface area contributed by atoms with Crippen LogP contribution in [0.25, 0.3) is 0 Å². The number of anilines is 1. The summed E-state index contributed by atoms with van der Waals surface area (Å²) >= 11 is 0. The Bertz CT molecular complexity index is 419. The first-order valence-corrected chi connectivity index (χ1v) is 6.45. The Morgan fingerprint density at radius 1 is 1.44 bits per heavy atom. The van der Waals surface area contributed by atoms with Crippen molar-refractivity contribution in [1.82, 2.24) is 10.6 Å². The van der Waals surface area contributed by atoms with Crippen LogP contribution in [0.2, 0.25) is 0 Å². The highest BCUT2D eigenvalue weighted by atomic mass is 16.2. The normalized spacial score (nSPS) is 19.8. The summed E-state index contributed by atoms with van der Waals surface area (Å²) in [5.41, 5.74) is 2.39. The lowest BCUT2D eigenvalue weighted by molar-refractivity contribution is -0.121. The molecule has 1 aromatic rings. The van der Waals surface area contributed by atoms with Gasteiger partial charge < -0.3 is 15.5 Å². The summed E-state index contributed by atoms with van der Waals surface area (Å²) < 4.78 is 0. The van der Waals surface area contributed by atoms with E-state index in [1.54, 1.807) is 0 Å². The second-order valence-electron chi connectivity index (χ2n) is 4.82. The third-order valence-electron chi connectivity index (χ3n) is 3.34. The number of nitrogens with one attached hydrogen (secondary N) is 2. The molecule has 1 aliphatic heterocycles. The number of benzene rings is 1. The van der Waals surface area contributed by atoms with Crippen LogP contribution in [0.5, 0.6) is 0 Å². The zero-order valence-electron chi connectivity index (χ0n) is 11.1. The van der Waals surface area contributed by atoms with Crippen LogP contribution in [-0.2, 0) is 4.79 Å². The number of aryl methyl sites for hydroxylation is 1. The van der Waals surface area contributed by atoms with Gasteiger partial charge in [0, 0.05) is 18.3 Å². The molecule has 1 saturated heterocycles. The summed E-state index contributed by atoms with van der Waals surface area (Å²) in [5.74, 6) is 0.116. The fourth-order valence-electron chi connectivity index (χ4n) is 2.41. The Hall–Kier alpha value is -1.55. The van der Waals surface area contributed by atoms with Crippen molar-refractivity contribution in [3.8, 4) is 0 Å². The molecule has 1 aromatic carbocycles. The van der Waals surface area contributed by atoms with Crippen molar-refractivity contribution in [1.29, 1.82) is 0 Å². The van der Waals surface area contributed by atoms with Crippen LogP contribution in [-0.4, -0.2) is 38.6 Å². The fourth-order valence-corrected chi connectivity index (χ4v) is 2.41. The first-order chi connectivity index (χ1) is 8.70. The molecule has 1 fully saturated rings. The highest BCUT2D eigenvalue weighted by Crippen LogP contribution is 2.21. The average molecular weight is 247 g/mol. The van der Waals surface area contributed by atoms with Crippen molar-refractivity contribution in [3.05, 3.63) is 29.8 Å². The second kappa shape index (κ2) is 5.87. The van der Waals surface area contributed by atoms with Gasteiger partial charge in [-0.2, -0.15) is 0 Å². The molecule has 18 heavy (non-hydrogen) atoms. The van der Waals surface area contributed by atoms with Crippen LogP contribution < -0.4 is 15.5 Å². The van der Waals surface area contributed by atoms with Gasteiger partial charge in [0.15, 0.2) is 0 Å². The van der Waals surface area contributed by atoms with E-state index in [0.717, 1.165) is 19.5 Å². The summed E-state index contributed by atoms with van der Waals surface area (Å²) in [5, 5.41) is 6.18. The predicted molar refractivity (Wildman–Crippen MR) is 73.9 cm³/mol. The first-order valence-electron chi connectivity index (χ1n) is 6.45. The van der Waals surface area contributed by atoms with Gasteiger partial charge in [-0.05, 0) is 38.6 Å². The minimum absolute atomic E-state index is 0.116. The molecule has 0 radical (unpaired) electrons. The summed E-state index contributed by atoms with van der Waals surface area (Å²) in [4.78, 5) is 13.9. The molecule has 1 heterocycles. The van der Waals surface area contributed by atoms with Crippen LogP contribution in [0.1, 0.15) is 12.0 Å². The average Bonchev–Trinajstić information content (AvgIpc) is 2.36. The molecule has 0 aliphatic carbocycles. The number of rotatable bonds is 4. The number of carbonyl (C=O) groups excluding carboxylic acids is 1. The Labute approximate surface area is 108 Å². The number of nitrogens with zero attached hydrogens (tertiary/aromatic N) is 1. The lowest BCUT2D eigenvalue weighted by atomic mass is 10.1. The molecule has 2 N–H and O–H groups in total. The number of amides is 1. The van der Waals surface area contributed by atoms with Crippen molar-refractivity contribution in [2.45, 2.75) is 19.4 Å². The highest BCUT2D eigenvalue weighted by Gasteiger charge is 2.24. The van der Waals surface area contributed by atoms with Gasteiger partial charge >= 0.3 is 0 Å². The standard InChI is InChI=1S/C14H21N3O/c1-11-5-3-4-6-13(11)17-9-12(7-8-15-2)16-14(18)10-17/h3-6,12,15H,7-10H2,1-2H3,(H,16,18). The van der Waals surface area contributed by atoms with Crippen LogP contribution in [0, 0.1) is 6.92 Å². The fraction of sp³-hybridized carbons (Fsp3) is 0.500. The van der Waals surface area contributed by atoms with E-state index in [-0.39, 0.29) is 11.9 Å². The SMILES string of the molecule is CNCCC1CN(c2ccccc2C)CC(=O)N1. The molecule has 1 unspecified atom stereocenters. The molecule has 98 valence electrons. The van der Waals surface area contributed by atoms with Crippen molar-refractivity contribution < 1.29 is 4.79 Å². The molecule has 0 saturated carbocycles. The number of hydrogen-bond donors (Lipinski definition) is 2. The third-order valence-corrected chi connectivity index (χ3v) is 3.34. The summed E-state index contributed by atoms with van der Waals surface area (Å²) in [7, 11) is 1.93. The van der Waals surface area contributed by atoms with E-state index >= 15 is 0 Å². The Kier molecular flexibility index (Phi) is 4.20. The molecular formula is C14H21N3O. The Morgan fingerprint density at radius 3 is 2.94 bits per heavy atom. The number of piperazine rings is 1. The lowest BCUT2D eigenvalue weighted by Gasteiger charge is -2.35. The number of carbonyl (C=O) groups is 1. The van der Waals surface area contributed by atoms with E-state index in [1.807, 2.05) is 19.2 Å². The van der Waals surface area contributed by atoms with E-state index < -0.39 is 0 Å². The Balaban J connectivity index is 2.09. The molecule has 1 atom stereocenters. The van der Waals surface area contributed by atoms with Gasteiger partial charge in [-0.3, -0.25) is 4.79 Å². The smallest absolute Gasteiger partial charge is 0.239 e. The van der Waals surface area contributed by atoms with Crippen LogP contribution >= 0.6 is 0 Å². The lowest BCUT2D eigenvalue weighted by Crippen LogP contribution is -2.55. The maximum absolute atomic E-state index is 11.8. The van der Waals surface area contributed by atoms with E-state index in [9.17, 15) is 4.79 Å². The summed E-state index contributed by atoms with van der Waals surface area (Å²) in [6, 6.07) is 8.46. The van der Waals surface area contributed by atoms with Gasteiger partial charge in [-0.15, -0.1) is 0 Å². The second-order valence-corrected chi connectivity index (χ2v) is 4.82. The largest absolute Gasteiger partial charge is 0.360 e. The first kappa shape index (κ1) is 12.9. The van der Waals surface area contributed by atoms with Gasteiger partial charge in [-0.1, -0.05) is 18.2 Å². The van der Waals surface area contributed by atoms with Crippen molar-refractivity contribution in [2.75, 3.05) is 31.6 Å². The van der Waals surface area contributed by atoms with Gasteiger partial charge in [0.25, 0.3) is 0 Å². The molecule has 2 rings (SSSR count). The third kappa shape index (κ3) is 3.01. The number of hydrogen-bond acceptors (Lipinski definition) is 3. The van der Waals surface area contributed by atoms with E-state index in [0.29, 0.717) is 6.54 Å².